The van der Waals surface area contributed by atoms with E-state index in [2.05, 4.69) is 15.3 Å². The second-order valence-electron chi connectivity index (χ2n) is 5.33. The van der Waals surface area contributed by atoms with Crippen LogP contribution in [0.25, 0.3) is 11.0 Å². The summed E-state index contributed by atoms with van der Waals surface area (Å²) in [7, 11) is 3.22. The highest BCUT2D eigenvalue weighted by Gasteiger charge is 2.10. The molecule has 1 heterocycles. The predicted octanol–water partition coefficient (Wildman–Crippen LogP) is 3.15. The Balaban J connectivity index is 1.65. The molecule has 3 aromatic rings. The standard InChI is InChI=1S/C18H19N3O3/c1-23-13-8-9-16(24-2)12(11-13)7-10-17(22)21-18-19-14-5-3-4-6-15(14)20-18/h3-6,8-9,11H,7,10H2,1-2H3,(H2,19,20,21,22). The van der Waals surface area contributed by atoms with Crippen LogP contribution < -0.4 is 14.8 Å². The largest absolute Gasteiger partial charge is 0.497 e. The predicted molar refractivity (Wildman–Crippen MR) is 92.6 cm³/mol. The lowest BCUT2D eigenvalue weighted by molar-refractivity contribution is -0.116. The number of benzene rings is 2. The molecule has 0 aliphatic carbocycles. The van der Waals surface area contributed by atoms with Crippen LogP contribution in [0.1, 0.15) is 12.0 Å². The number of carbonyl (C=O) groups excluding carboxylic acids is 1. The van der Waals surface area contributed by atoms with Crippen molar-refractivity contribution >= 4 is 22.9 Å². The Bertz CT molecular complexity index is 825. The summed E-state index contributed by atoms with van der Waals surface area (Å²) < 4.78 is 10.5. The number of amides is 1. The molecular formula is C18H19N3O3. The number of anilines is 1. The molecule has 6 nitrogen and oxygen atoms in total. The number of para-hydroxylation sites is 2. The first-order chi connectivity index (χ1) is 11.7. The summed E-state index contributed by atoms with van der Waals surface area (Å²) in [5.74, 6) is 1.83. The number of nitrogens with zero attached hydrogens (tertiary/aromatic N) is 1. The van der Waals surface area contributed by atoms with Gasteiger partial charge in [0.15, 0.2) is 0 Å². The SMILES string of the molecule is COc1ccc(OC)c(CCC(=O)Nc2nc3ccccc3[nH]2)c1. The summed E-state index contributed by atoms with van der Waals surface area (Å²) in [6, 6.07) is 13.2. The molecule has 0 fully saturated rings. The number of aromatic amines is 1. The molecule has 0 spiro atoms. The van der Waals surface area contributed by atoms with Gasteiger partial charge in [-0.05, 0) is 42.3 Å². The molecule has 2 aromatic carbocycles. The molecular weight excluding hydrogens is 306 g/mol. The first-order valence-corrected chi connectivity index (χ1v) is 7.65. The Morgan fingerprint density at radius 1 is 1.17 bits per heavy atom. The third-order valence-electron chi connectivity index (χ3n) is 3.76. The number of carbonyl (C=O) groups is 1. The third kappa shape index (κ3) is 3.48. The molecule has 0 saturated carbocycles. The van der Waals surface area contributed by atoms with Gasteiger partial charge in [0.05, 0.1) is 25.3 Å². The Labute approximate surface area is 139 Å². The third-order valence-corrected chi connectivity index (χ3v) is 3.76. The lowest BCUT2D eigenvalue weighted by atomic mass is 10.1. The smallest absolute Gasteiger partial charge is 0.227 e. The summed E-state index contributed by atoms with van der Waals surface area (Å²) in [5.41, 5.74) is 2.64. The van der Waals surface area contributed by atoms with Crippen molar-refractivity contribution in [3.63, 3.8) is 0 Å². The number of nitrogens with one attached hydrogen (secondary N) is 2. The number of aryl methyl sites for hydroxylation is 1. The van der Waals surface area contributed by atoms with Crippen LogP contribution in [0.5, 0.6) is 11.5 Å². The fraction of sp³-hybridized carbons (Fsp3) is 0.222. The number of methoxy groups -OCH3 is 2. The van der Waals surface area contributed by atoms with Crippen LogP contribution in [0.4, 0.5) is 5.95 Å². The maximum Gasteiger partial charge on any atom is 0.227 e. The minimum absolute atomic E-state index is 0.112. The highest BCUT2D eigenvalue weighted by molar-refractivity contribution is 5.91. The Kier molecular flexibility index (Phi) is 4.65. The molecule has 6 heteroatoms. The van der Waals surface area contributed by atoms with Crippen molar-refractivity contribution in [2.75, 3.05) is 19.5 Å². The van der Waals surface area contributed by atoms with Gasteiger partial charge in [-0.2, -0.15) is 0 Å². The zero-order chi connectivity index (χ0) is 16.9. The van der Waals surface area contributed by atoms with Crippen LogP contribution in [0, 0.1) is 0 Å². The van der Waals surface area contributed by atoms with Gasteiger partial charge in [0.25, 0.3) is 0 Å². The molecule has 0 saturated heterocycles. The highest BCUT2D eigenvalue weighted by Crippen LogP contribution is 2.25. The van der Waals surface area contributed by atoms with Gasteiger partial charge in [0.1, 0.15) is 11.5 Å². The zero-order valence-electron chi connectivity index (χ0n) is 13.6. The Hall–Kier alpha value is -3.02. The molecule has 0 unspecified atom stereocenters. The van der Waals surface area contributed by atoms with Gasteiger partial charge in [-0.25, -0.2) is 4.98 Å². The van der Waals surface area contributed by atoms with E-state index in [9.17, 15) is 4.79 Å². The number of fused-ring (bicyclic) bond motifs is 1. The van der Waals surface area contributed by atoms with E-state index in [0.29, 0.717) is 18.8 Å². The summed E-state index contributed by atoms with van der Waals surface area (Å²) in [5, 5.41) is 2.79. The maximum atomic E-state index is 12.2. The first kappa shape index (κ1) is 15.9. The van der Waals surface area contributed by atoms with Gasteiger partial charge in [-0.1, -0.05) is 12.1 Å². The molecule has 1 aromatic heterocycles. The molecule has 124 valence electrons. The summed E-state index contributed by atoms with van der Waals surface area (Å²) in [6.07, 6.45) is 0.868. The van der Waals surface area contributed by atoms with E-state index in [1.165, 1.54) is 0 Å². The summed E-state index contributed by atoms with van der Waals surface area (Å²) >= 11 is 0. The maximum absolute atomic E-state index is 12.2. The quantitative estimate of drug-likeness (QED) is 0.730. The van der Waals surface area contributed by atoms with E-state index in [4.69, 9.17) is 9.47 Å². The topological polar surface area (TPSA) is 76.2 Å². The van der Waals surface area contributed by atoms with Crippen LogP contribution in [0.15, 0.2) is 42.5 Å². The minimum atomic E-state index is -0.112. The number of aromatic nitrogens is 2. The van der Waals surface area contributed by atoms with Crippen molar-refractivity contribution in [3.05, 3.63) is 48.0 Å². The Morgan fingerprint density at radius 2 is 2.00 bits per heavy atom. The molecule has 1 amide bonds. The fourth-order valence-electron chi connectivity index (χ4n) is 2.53. The monoisotopic (exact) mass is 325 g/mol. The number of hydrogen-bond acceptors (Lipinski definition) is 4. The van der Waals surface area contributed by atoms with Gasteiger partial charge in [-0.15, -0.1) is 0 Å². The second-order valence-corrected chi connectivity index (χ2v) is 5.33. The van der Waals surface area contributed by atoms with Crippen LogP contribution in [0.2, 0.25) is 0 Å². The molecule has 3 rings (SSSR count). The number of H-pyrrole nitrogens is 1. The van der Waals surface area contributed by atoms with Crippen molar-refractivity contribution in [3.8, 4) is 11.5 Å². The molecule has 0 atom stereocenters. The van der Waals surface area contributed by atoms with E-state index in [1.807, 2.05) is 42.5 Å². The summed E-state index contributed by atoms with van der Waals surface area (Å²) in [6.45, 7) is 0. The molecule has 24 heavy (non-hydrogen) atoms. The van der Waals surface area contributed by atoms with Crippen LogP contribution in [-0.2, 0) is 11.2 Å². The van der Waals surface area contributed by atoms with E-state index >= 15 is 0 Å². The average molecular weight is 325 g/mol. The average Bonchev–Trinajstić information content (AvgIpc) is 3.01. The highest BCUT2D eigenvalue weighted by atomic mass is 16.5. The lowest BCUT2D eigenvalue weighted by Crippen LogP contribution is -2.13. The van der Waals surface area contributed by atoms with Crippen molar-refractivity contribution in [1.82, 2.24) is 9.97 Å². The molecule has 0 bridgehead atoms. The van der Waals surface area contributed by atoms with Gasteiger partial charge < -0.3 is 14.5 Å². The van der Waals surface area contributed by atoms with E-state index in [0.717, 1.165) is 28.1 Å². The number of rotatable bonds is 6. The number of ether oxygens (including phenoxy) is 2. The summed E-state index contributed by atoms with van der Waals surface area (Å²) in [4.78, 5) is 19.6. The van der Waals surface area contributed by atoms with Crippen molar-refractivity contribution in [1.29, 1.82) is 0 Å². The number of imidazole rings is 1. The van der Waals surface area contributed by atoms with Crippen molar-refractivity contribution < 1.29 is 14.3 Å². The molecule has 0 radical (unpaired) electrons. The van der Waals surface area contributed by atoms with Crippen LogP contribution in [-0.4, -0.2) is 30.1 Å². The van der Waals surface area contributed by atoms with Crippen LogP contribution >= 0.6 is 0 Å². The Morgan fingerprint density at radius 3 is 2.75 bits per heavy atom. The fourth-order valence-corrected chi connectivity index (χ4v) is 2.53. The number of hydrogen-bond donors (Lipinski definition) is 2. The lowest BCUT2D eigenvalue weighted by Gasteiger charge is -2.10. The van der Waals surface area contributed by atoms with Gasteiger partial charge in [-0.3, -0.25) is 10.1 Å². The second kappa shape index (κ2) is 7.04. The molecule has 0 aliphatic heterocycles. The van der Waals surface area contributed by atoms with E-state index < -0.39 is 0 Å². The first-order valence-electron chi connectivity index (χ1n) is 7.65. The van der Waals surface area contributed by atoms with Gasteiger partial charge in [0, 0.05) is 6.42 Å². The molecule has 0 aliphatic rings. The van der Waals surface area contributed by atoms with E-state index in [-0.39, 0.29) is 5.91 Å². The van der Waals surface area contributed by atoms with E-state index in [1.54, 1.807) is 14.2 Å². The normalized spacial score (nSPS) is 10.6. The van der Waals surface area contributed by atoms with Crippen molar-refractivity contribution in [2.45, 2.75) is 12.8 Å². The van der Waals surface area contributed by atoms with Gasteiger partial charge >= 0.3 is 0 Å². The zero-order valence-corrected chi connectivity index (χ0v) is 13.6. The molecule has 2 N–H and O–H groups in total. The van der Waals surface area contributed by atoms with Crippen molar-refractivity contribution in [2.24, 2.45) is 0 Å². The van der Waals surface area contributed by atoms with Crippen LogP contribution in [0.3, 0.4) is 0 Å². The van der Waals surface area contributed by atoms with Gasteiger partial charge in [0.2, 0.25) is 11.9 Å². The minimum Gasteiger partial charge on any atom is -0.497 e.